The molecule has 105 valence electrons. The summed E-state index contributed by atoms with van der Waals surface area (Å²) in [7, 11) is 0. The van der Waals surface area contributed by atoms with Gasteiger partial charge < -0.3 is 0 Å². The second-order valence-electron chi connectivity index (χ2n) is 5.41. The van der Waals surface area contributed by atoms with Gasteiger partial charge in [0.1, 0.15) is 5.92 Å². The first kappa shape index (κ1) is 15.3. The summed E-state index contributed by atoms with van der Waals surface area (Å²) in [6, 6.07) is 0. The Labute approximate surface area is 101 Å². The van der Waals surface area contributed by atoms with Crippen LogP contribution in [0.1, 0.15) is 33.6 Å². The van der Waals surface area contributed by atoms with E-state index < -0.39 is 47.7 Å². The van der Waals surface area contributed by atoms with Gasteiger partial charge in [-0.1, -0.05) is 20.8 Å². The van der Waals surface area contributed by atoms with E-state index in [2.05, 4.69) is 0 Å². The molecule has 7 heteroatoms. The number of hydrogen-bond donors (Lipinski definition) is 0. The van der Waals surface area contributed by atoms with E-state index in [-0.39, 0.29) is 0 Å². The van der Waals surface area contributed by atoms with E-state index in [0.29, 0.717) is 0 Å². The fourth-order valence-corrected chi connectivity index (χ4v) is 1.72. The summed E-state index contributed by atoms with van der Waals surface area (Å²) >= 11 is 0. The Morgan fingerprint density at radius 3 is 1.89 bits per heavy atom. The molecule has 0 amide bonds. The van der Waals surface area contributed by atoms with E-state index in [0.717, 1.165) is 0 Å². The van der Waals surface area contributed by atoms with Crippen LogP contribution in [-0.4, -0.2) is 23.6 Å². The van der Waals surface area contributed by atoms with Gasteiger partial charge in [-0.15, -0.1) is 0 Å². The summed E-state index contributed by atoms with van der Waals surface area (Å²) in [6.45, 7) is 3.80. The Hall–Kier alpha value is -0.750. The zero-order valence-electron chi connectivity index (χ0n) is 10.1. The van der Waals surface area contributed by atoms with E-state index >= 15 is 0 Å². The Kier molecular flexibility index (Phi) is 3.29. The van der Waals surface area contributed by atoms with Crippen molar-refractivity contribution in [3.05, 3.63) is 5.92 Å². The smallest absolute Gasteiger partial charge is 0.298 e. The number of hydrogen-bond acceptors (Lipinski definition) is 1. The van der Waals surface area contributed by atoms with Gasteiger partial charge in [0.25, 0.3) is 0 Å². The lowest BCUT2D eigenvalue weighted by Crippen LogP contribution is -2.62. The molecule has 18 heavy (non-hydrogen) atoms. The van der Waals surface area contributed by atoms with Gasteiger partial charge in [-0.25, -0.2) is 0 Å². The van der Waals surface area contributed by atoms with E-state index in [1.807, 2.05) is 0 Å². The lowest BCUT2D eigenvalue weighted by Gasteiger charge is -2.42. The lowest BCUT2D eigenvalue weighted by molar-refractivity contribution is -0.317. The van der Waals surface area contributed by atoms with Crippen molar-refractivity contribution in [1.82, 2.24) is 0 Å². The Balaban J connectivity index is 3.18. The van der Waals surface area contributed by atoms with Crippen LogP contribution in [0.3, 0.4) is 0 Å². The monoisotopic (exact) mass is 275 g/mol. The molecule has 0 spiro atoms. The quantitative estimate of drug-likeness (QED) is 0.664. The molecule has 0 N–H and O–H groups in total. The van der Waals surface area contributed by atoms with E-state index in [4.69, 9.17) is 0 Å². The maximum absolute atomic E-state index is 13.4. The first-order chi connectivity index (χ1) is 7.75. The number of halogens is 6. The largest absolute Gasteiger partial charge is 0.372 e. The van der Waals surface area contributed by atoms with Crippen molar-refractivity contribution >= 4 is 5.78 Å². The first-order valence-electron chi connectivity index (χ1n) is 5.30. The topological polar surface area (TPSA) is 17.1 Å². The minimum atomic E-state index is -5.53. The SMILES string of the molecule is CC(C)(C)C(=O)[C]1CCC(F)(F)C(F)(F)C1(F)F. The average Bonchev–Trinajstić information content (AvgIpc) is 2.13. The highest BCUT2D eigenvalue weighted by molar-refractivity contribution is 5.97. The van der Waals surface area contributed by atoms with Gasteiger partial charge in [0.15, 0.2) is 5.78 Å². The number of ketones is 1. The van der Waals surface area contributed by atoms with Crippen LogP contribution < -0.4 is 0 Å². The standard InChI is InChI=1S/C11H13F6O/c1-8(2,3)7(18)6-4-5-9(12,13)11(16,17)10(6,14)15/h4-5H2,1-3H3. The number of carbonyl (C=O) groups is 1. The molecule has 0 saturated heterocycles. The highest BCUT2D eigenvalue weighted by Gasteiger charge is 2.77. The fourth-order valence-electron chi connectivity index (χ4n) is 1.72. The van der Waals surface area contributed by atoms with Crippen molar-refractivity contribution in [3.8, 4) is 0 Å². The van der Waals surface area contributed by atoms with Crippen LogP contribution in [0.25, 0.3) is 0 Å². The summed E-state index contributed by atoms with van der Waals surface area (Å²) in [5.41, 5.74) is -1.32. The zero-order chi connectivity index (χ0) is 14.6. The molecule has 0 bridgehead atoms. The van der Waals surface area contributed by atoms with Gasteiger partial charge >= 0.3 is 17.8 Å². The number of rotatable bonds is 1. The first-order valence-corrected chi connectivity index (χ1v) is 5.30. The van der Waals surface area contributed by atoms with Crippen LogP contribution in [-0.2, 0) is 4.79 Å². The minimum absolute atomic E-state index is 1.02. The Morgan fingerprint density at radius 2 is 1.50 bits per heavy atom. The summed E-state index contributed by atoms with van der Waals surface area (Å²) in [5.74, 6) is -18.1. The molecular formula is C11H13F6O. The second kappa shape index (κ2) is 3.87. The van der Waals surface area contributed by atoms with Crippen LogP contribution in [0.4, 0.5) is 26.3 Å². The third kappa shape index (κ3) is 2.01. The molecule has 0 atom stereocenters. The van der Waals surface area contributed by atoms with Gasteiger partial charge in [0, 0.05) is 11.8 Å². The minimum Gasteiger partial charge on any atom is -0.298 e. The van der Waals surface area contributed by atoms with Crippen molar-refractivity contribution in [2.45, 2.75) is 51.4 Å². The van der Waals surface area contributed by atoms with Gasteiger partial charge in [-0.3, -0.25) is 4.79 Å². The highest BCUT2D eigenvalue weighted by Crippen LogP contribution is 2.58. The van der Waals surface area contributed by atoms with E-state index in [9.17, 15) is 31.1 Å². The number of carbonyl (C=O) groups excluding carboxylic acids is 1. The van der Waals surface area contributed by atoms with Crippen molar-refractivity contribution in [2.24, 2.45) is 5.41 Å². The second-order valence-corrected chi connectivity index (χ2v) is 5.41. The molecule has 0 heterocycles. The van der Waals surface area contributed by atoms with E-state index in [1.165, 1.54) is 20.8 Å². The summed E-state index contributed by atoms with van der Waals surface area (Å²) in [5, 5.41) is 0. The number of alkyl halides is 6. The van der Waals surface area contributed by atoms with Crippen LogP contribution in [0.15, 0.2) is 0 Å². The molecular weight excluding hydrogens is 262 g/mol. The zero-order valence-corrected chi connectivity index (χ0v) is 10.1. The molecule has 0 aromatic carbocycles. The Morgan fingerprint density at radius 1 is 1.06 bits per heavy atom. The third-order valence-corrected chi connectivity index (χ3v) is 2.88. The summed E-state index contributed by atoms with van der Waals surface area (Å²) in [4.78, 5) is 11.6. The fraction of sp³-hybridized carbons (Fsp3) is 0.818. The molecule has 0 unspecified atom stereocenters. The van der Waals surface area contributed by atoms with Gasteiger partial charge in [0.2, 0.25) is 0 Å². The normalized spacial score (nSPS) is 26.9. The predicted molar refractivity (Wildman–Crippen MR) is 51.8 cm³/mol. The van der Waals surface area contributed by atoms with Crippen molar-refractivity contribution in [1.29, 1.82) is 0 Å². The van der Waals surface area contributed by atoms with Crippen molar-refractivity contribution < 1.29 is 31.1 Å². The molecule has 1 aliphatic rings. The van der Waals surface area contributed by atoms with Crippen LogP contribution in [0.2, 0.25) is 0 Å². The summed E-state index contributed by atoms with van der Waals surface area (Å²) < 4.78 is 78.8. The molecule has 1 fully saturated rings. The molecule has 0 aromatic heterocycles. The maximum atomic E-state index is 13.4. The molecule has 0 aliphatic heterocycles. The van der Waals surface area contributed by atoms with Crippen LogP contribution in [0, 0.1) is 11.3 Å². The third-order valence-electron chi connectivity index (χ3n) is 2.88. The average molecular weight is 275 g/mol. The molecule has 1 aliphatic carbocycles. The predicted octanol–water partition coefficient (Wildman–Crippen LogP) is 3.88. The van der Waals surface area contributed by atoms with Gasteiger partial charge in [-0.05, 0) is 6.42 Å². The van der Waals surface area contributed by atoms with Crippen LogP contribution >= 0.6 is 0 Å². The number of Topliss-reactive ketones (excluding diaryl/α,β-unsaturated/α-hetero) is 1. The maximum Gasteiger partial charge on any atom is 0.372 e. The molecule has 0 aromatic rings. The highest BCUT2D eigenvalue weighted by atomic mass is 19.3. The van der Waals surface area contributed by atoms with Crippen LogP contribution in [0.5, 0.6) is 0 Å². The van der Waals surface area contributed by atoms with Gasteiger partial charge in [0.05, 0.1) is 0 Å². The molecule has 1 rings (SSSR count). The molecule has 1 nitrogen and oxygen atoms in total. The van der Waals surface area contributed by atoms with Crippen molar-refractivity contribution in [3.63, 3.8) is 0 Å². The van der Waals surface area contributed by atoms with E-state index in [1.54, 1.807) is 0 Å². The summed E-state index contributed by atoms with van der Waals surface area (Å²) in [6.07, 6.45) is -2.47. The molecule has 1 radical (unpaired) electrons. The Bertz CT molecular complexity index is 355. The van der Waals surface area contributed by atoms with Gasteiger partial charge in [-0.2, -0.15) is 26.3 Å². The molecule has 1 saturated carbocycles. The van der Waals surface area contributed by atoms with Crippen molar-refractivity contribution in [2.75, 3.05) is 0 Å². The lowest BCUT2D eigenvalue weighted by atomic mass is 9.72.